The summed E-state index contributed by atoms with van der Waals surface area (Å²) in [7, 11) is 0. The Morgan fingerprint density at radius 1 is 1.08 bits per heavy atom. The number of rotatable bonds is 4. The van der Waals surface area contributed by atoms with Crippen LogP contribution in [0, 0.1) is 0 Å². The summed E-state index contributed by atoms with van der Waals surface area (Å²) in [6, 6.07) is 19.9. The van der Waals surface area contributed by atoms with Crippen molar-refractivity contribution in [3.8, 4) is 11.3 Å². The minimum absolute atomic E-state index is 0.509. The van der Waals surface area contributed by atoms with Crippen LogP contribution in [-0.4, -0.2) is 16.1 Å². The number of nitrogens with one attached hydrogen (secondary N) is 1. The molecule has 0 bridgehead atoms. The summed E-state index contributed by atoms with van der Waals surface area (Å²) >= 11 is 6.19. The Morgan fingerprint density at radius 2 is 1.85 bits per heavy atom. The molecular formula is C22H18ClNO2. The largest absolute Gasteiger partial charge is 0.481 e. The van der Waals surface area contributed by atoms with Gasteiger partial charge in [-0.05, 0) is 52.6 Å². The second kappa shape index (κ2) is 6.50. The van der Waals surface area contributed by atoms with Crippen molar-refractivity contribution in [3.05, 3.63) is 71.2 Å². The van der Waals surface area contributed by atoms with Crippen LogP contribution < -0.4 is 0 Å². The molecule has 4 heteroatoms. The Hall–Kier alpha value is -2.78. The Bertz CT molecular complexity index is 1130. The van der Waals surface area contributed by atoms with Gasteiger partial charge in [0.05, 0.1) is 11.6 Å². The van der Waals surface area contributed by atoms with Crippen LogP contribution in [0.15, 0.2) is 60.7 Å². The summed E-state index contributed by atoms with van der Waals surface area (Å²) < 4.78 is 0. The molecule has 4 aromatic rings. The SMILES string of the molecule is CCC(C(=O)O)c1c(-c2ccc3ccccc3c2)[nH]c2ccc(Cl)cc12. The Balaban J connectivity index is 2.02. The molecule has 1 aromatic heterocycles. The number of aromatic amines is 1. The molecule has 26 heavy (non-hydrogen) atoms. The van der Waals surface area contributed by atoms with Crippen LogP contribution in [0.1, 0.15) is 24.8 Å². The van der Waals surface area contributed by atoms with Crippen molar-refractivity contribution in [1.82, 2.24) is 4.98 Å². The van der Waals surface area contributed by atoms with Gasteiger partial charge in [-0.15, -0.1) is 0 Å². The number of H-pyrrole nitrogens is 1. The summed E-state index contributed by atoms with van der Waals surface area (Å²) in [5.74, 6) is -1.42. The van der Waals surface area contributed by atoms with Crippen molar-refractivity contribution in [2.45, 2.75) is 19.3 Å². The van der Waals surface area contributed by atoms with Gasteiger partial charge >= 0.3 is 5.97 Å². The molecule has 0 spiro atoms. The molecule has 4 rings (SSSR count). The predicted molar refractivity (Wildman–Crippen MR) is 107 cm³/mol. The molecule has 1 heterocycles. The molecule has 3 aromatic carbocycles. The van der Waals surface area contributed by atoms with Crippen molar-refractivity contribution < 1.29 is 9.90 Å². The number of halogens is 1. The molecule has 0 aliphatic rings. The highest BCUT2D eigenvalue weighted by atomic mass is 35.5. The van der Waals surface area contributed by atoms with Gasteiger partial charge in [-0.2, -0.15) is 0 Å². The van der Waals surface area contributed by atoms with E-state index in [-0.39, 0.29) is 0 Å². The highest BCUT2D eigenvalue weighted by molar-refractivity contribution is 6.31. The molecule has 0 aliphatic carbocycles. The van der Waals surface area contributed by atoms with Gasteiger partial charge in [0, 0.05) is 15.9 Å². The van der Waals surface area contributed by atoms with Crippen molar-refractivity contribution in [3.63, 3.8) is 0 Å². The van der Waals surface area contributed by atoms with Gasteiger partial charge in [0.1, 0.15) is 0 Å². The molecule has 2 N–H and O–H groups in total. The number of carbonyl (C=O) groups is 1. The molecule has 0 fully saturated rings. The number of hydrogen-bond acceptors (Lipinski definition) is 1. The van der Waals surface area contributed by atoms with Crippen LogP contribution >= 0.6 is 11.6 Å². The van der Waals surface area contributed by atoms with Crippen LogP contribution in [0.4, 0.5) is 0 Å². The summed E-state index contributed by atoms with van der Waals surface area (Å²) in [4.78, 5) is 15.3. The van der Waals surface area contributed by atoms with E-state index in [1.807, 2.05) is 43.3 Å². The van der Waals surface area contributed by atoms with Crippen molar-refractivity contribution in [2.75, 3.05) is 0 Å². The fraction of sp³-hybridized carbons (Fsp3) is 0.136. The summed E-state index contributed by atoms with van der Waals surface area (Å²) in [6.07, 6.45) is 0.509. The molecule has 0 saturated heterocycles. The lowest BCUT2D eigenvalue weighted by Gasteiger charge is -2.13. The third-order valence-corrected chi connectivity index (χ3v) is 5.13. The van der Waals surface area contributed by atoms with Crippen LogP contribution in [0.2, 0.25) is 5.02 Å². The van der Waals surface area contributed by atoms with Gasteiger partial charge in [0.15, 0.2) is 0 Å². The lowest BCUT2D eigenvalue weighted by molar-refractivity contribution is -0.138. The molecule has 3 nitrogen and oxygen atoms in total. The van der Waals surface area contributed by atoms with Gasteiger partial charge in [0.2, 0.25) is 0 Å². The topological polar surface area (TPSA) is 53.1 Å². The maximum atomic E-state index is 11.9. The highest BCUT2D eigenvalue weighted by Crippen LogP contribution is 2.39. The van der Waals surface area contributed by atoms with Gasteiger partial charge in [-0.3, -0.25) is 4.79 Å². The van der Waals surface area contributed by atoms with Gasteiger partial charge in [-0.25, -0.2) is 0 Å². The van der Waals surface area contributed by atoms with E-state index >= 15 is 0 Å². The normalized spacial score (nSPS) is 12.5. The van der Waals surface area contributed by atoms with Gasteiger partial charge < -0.3 is 10.1 Å². The summed E-state index contributed by atoms with van der Waals surface area (Å²) in [5, 5.41) is 13.5. The number of aliphatic carboxylic acids is 1. The summed E-state index contributed by atoms with van der Waals surface area (Å²) in [5.41, 5.74) is 3.52. The number of benzene rings is 3. The van der Waals surface area contributed by atoms with Crippen molar-refractivity contribution in [2.24, 2.45) is 0 Å². The van der Waals surface area contributed by atoms with Crippen LogP contribution in [0.25, 0.3) is 32.9 Å². The maximum absolute atomic E-state index is 11.9. The second-order valence-corrected chi connectivity index (χ2v) is 6.90. The molecule has 0 radical (unpaired) electrons. The van der Waals surface area contributed by atoms with E-state index in [9.17, 15) is 9.90 Å². The number of carboxylic acids is 1. The van der Waals surface area contributed by atoms with Crippen LogP contribution in [0.5, 0.6) is 0 Å². The standard InChI is InChI=1S/C22H18ClNO2/c1-2-17(22(25)26)20-18-12-16(23)9-10-19(18)24-21(20)15-8-7-13-5-3-4-6-14(13)11-15/h3-12,17,24H,2H2,1H3,(H,25,26). The molecule has 1 unspecified atom stereocenters. The monoisotopic (exact) mass is 363 g/mol. The van der Waals surface area contributed by atoms with Crippen LogP contribution in [-0.2, 0) is 4.79 Å². The average Bonchev–Trinajstić information content (AvgIpc) is 3.00. The fourth-order valence-electron chi connectivity index (χ4n) is 3.62. The first-order chi connectivity index (χ1) is 12.6. The molecule has 130 valence electrons. The molecule has 1 atom stereocenters. The average molecular weight is 364 g/mol. The zero-order chi connectivity index (χ0) is 18.3. The zero-order valence-electron chi connectivity index (χ0n) is 14.3. The number of aromatic nitrogens is 1. The van der Waals surface area contributed by atoms with E-state index in [1.54, 1.807) is 0 Å². The molecule has 0 aliphatic heterocycles. The maximum Gasteiger partial charge on any atom is 0.311 e. The zero-order valence-corrected chi connectivity index (χ0v) is 15.0. The molecular weight excluding hydrogens is 346 g/mol. The second-order valence-electron chi connectivity index (χ2n) is 6.46. The first-order valence-corrected chi connectivity index (χ1v) is 8.99. The Morgan fingerprint density at radius 3 is 2.58 bits per heavy atom. The fourth-order valence-corrected chi connectivity index (χ4v) is 3.79. The minimum Gasteiger partial charge on any atom is -0.481 e. The van der Waals surface area contributed by atoms with Gasteiger partial charge in [0.25, 0.3) is 0 Å². The van der Waals surface area contributed by atoms with E-state index in [0.29, 0.717) is 11.4 Å². The minimum atomic E-state index is -0.824. The lowest BCUT2D eigenvalue weighted by Crippen LogP contribution is -2.11. The van der Waals surface area contributed by atoms with Crippen LogP contribution in [0.3, 0.4) is 0 Å². The van der Waals surface area contributed by atoms with E-state index < -0.39 is 11.9 Å². The van der Waals surface area contributed by atoms with E-state index in [4.69, 9.17) is 11.6 Å². The smallest absolute Gasteiger partial charge is 0.311 e. The van der Waals surface area contributed by atoms with E-state index in [0.717, 1.165) is 38.5 Å². The number of fused-ring (bicyclic) bond motifs is 2. The van der Waals surface area contributed by atoms with Crippen molar-refractivity contribution in [1.29, 1.82) is 0 Å². The van der Waals surface area contributed by atoms with E-state index in [1.165, 1.54) is 0 Å². The molecule has 0 amide bonds. The third-order valence-electron chi connectivity index (χ3n) is 4.89. The van der Waals surface area contributed by atoms with E-state index in [2.05, 4.69) is 29.2 Å². The third kappa shape index (κ3) is 2.74. The molecule has 0 saturated carbocycles. The first kappa shape index (κ1) is 16.7. The Kier molecular flexibility index (Phi) is 4.17. The van der Waals surface area contributed by atoms with Gasteiger partial charge in [-0.1, -0.05) is 54.9 Å². The van der Waals surface area contributed by atoms with Crippen molar-refractivity contribution >= 4 is 39.2 Å². The Labute approximate surface area is 156 Å². The lowest BCUT2D eigenvalue weighted by atomic mass is 9.91. The predicted octanol–water partition coefficient (Wildman–Crippen LogP) is 6.22. The number of carboxylic acid groups (broad SMARTS) is 1. The first-order valence-electron chi connectivity index (χ1n) is 8.61. The highest BCUT2D eigenvalue weighted by Gasteiger charge is 2.26. The number of hydrogen-bond donors (Lipinski definition) is 2. The quantitative estimate of drug-likeness (QED) is 0.452. The summed E-state index contributed by atoms with van der Waals surface area (Å²) in [6.45, 7) is 1.90.